The normalized spacial score (nSPS) is 16.3. The van der Waals surface area contributed by atoms with Crippen LogP contribution in [0.2, 0.25) is 0 Å². The third-order valence-corrected chi connectivity index (χ3v) is 1.75. The summed E-state index contributed by atoms with van der Waals surface area (Å²) < 4.78 is 11.2. The molecule has 7 nitrogen and oxygen atoms in total. The Labute approximate surface area is 79.8 Å². The van der Waals surface area contributed by atoms with Crippen LogP contribution in [0.3, 0.4) is 0 Å². The van der Waals surface area contributed by atoms with Crippen molar-refractivity contribution in [2.75, 3.05) is 18.9 Å². The lowest BCUT2D eigenvalue weighted by Crippen LogP contribution is -2.38. The van der Waals surface area contributed by atoms with E-state index in [-0.39, 0.29) is 24.6 Å². The van der Waals surface area contributed by atoms with Gasteiger partial charge in [0.1, 0.15) is 19.0 Å². The second kappa shape index (κ2) is 3.62. The van der Waals surface area contributed by atoms with Gasteiger partial charge in [-0.25, -0.2) is 9.67 Å². The first kappa shape index (κ1) is 8.95. The first-order chi connectivity index (χ1) is 6.74. The van der Waals surface area contributed by atoms with Crippen molar-refractivity contribution in [2.24, 2.45) is 0 Å². The summed E-state index contributed by atoms with van der Waals surface area (Å²) >= 11 is 0. The van der Waals surface area contributed by atoms with Gasteiger partial charge in [-0.05, 0) is 0 Å². The molecule has 0 aromatic carbocycles. The maximum atomic E-state index is 11.2. The zero-order valence-corrected chi connectivity index (χ0v) is 7.42. The smallest absolute Gasteiger partial charge is 0.328 e. The maximum absolute atomic E-state index is 11.2. The summed E-state index contributed by atoms with van der Waals surface area (Å²) in [5, 5.41) is 3.75. The number of aromatic nitrogens is 3. The number of hydrogen-bond acceptors (Lipinski definition) is 6. The van der Waals surface area contributed by atoms with Gasteiger partial charge in [0.05, 0.1) is 13.2 Å². The van der Waals surface area contributed by atoms with Gasteiger partial charge in [0, 0.05) is 0 Å². The molecule has 7 heteroatoms. The summed E-state index contributed by atoms with van der Waals surface area (Å²) in [5.74, 6) is -0.215. The predicted molar refractivity (Wildman–Crippen MR) is 45.1 cm³/mol. The van der Waals surface area contributed by atoms with Crippen LogP contribution in [-0.4, -0.2) is 40.1 Å². The van der Waals surface area contributed by atoms with Crippen LogP contribution in [0.1, 0.15) is 0 Å². The minimum Gasteiger partial charge on any atom is -0.456 e. The Hall–Kier alpha value is -1.63. The summed E-state index contributed by atoms with van der Waals surface area (Å²) in [6.45, 7) is 0.983. The Balaban J connectivity index is 1.81. The molecule has 1 fully saturated rings. The lowest BCUT2D eigenvalue weighted by Gasteiger charge is -2.25. The molecule has 0 saturated carbocycles. The lowest BCUT2D eigenvalue weighted by atomic mass is 10.3. The number of nitrogens with zero attached hydrogens (tertiary/aromatic N) is 3. The summed E-state index contributed by atoms with van der Waals surface area (Å²) in [6.07, 6.45) is 1.27. The van der Waals surface area contributed by atoms with Gasteiger partial charge in [0.15, 0.2) is 0 Å². The molecule has 1 saturated heterocycles. The largest absolute Gasteiger partial charge is 0.456 e. The highest BCUT2D eigenvalue weighted by molar-refractivity contribution is 5.69. The molecule has 2 N–H and O–H groups in total. The number of carbonyl (C=O) groups excluding carboxylic acids is 1. The fourth-order valence-corrected chi connectivity index (χ4v) is 1.02. The fourth-order valence-electron chi connectivity index (χ4n) is 1.02. The molecule has 0 bridgehead atoms. The number of carbonyl (C=O) groups is 1. The van der Waals surface area contributed by atoms with E-state index in [0.717, 1.165) is 0 Å². The van der Waals surface area contributed by atoms with E-state index in [4.69, 9.17) is 15.2 Å². The third kappa shape index (κ3) is 1.99. The number of esters is 1. The first-order valence-electron chi connectivity index (χ1n) is 4.16. The molecule has 0 radical (unpaired) electrons. The molecule has 0 aliphatic carbocycles. The van der Waals surface area contributed by atoms with E-state index >= 15 is 0 Å². The van der Waals surface area contributed by atoms with Crippen LogP contribution in [-0.2, 0) is 20.8 Å². The van der Waals surface area contributed by atoms with Crippen molar-refractivity contribution in [3.8, 4) is 0 Å². The van der Waals surface area contributed by atoms with Gasteiger partial charge in [-0.3, -0.25) is 4.79 Å². The van der Waals surface area contributed by atoms with Crippen molar-refractivity contribution in [3.05, 3.63) is 6.33 Å². The van der Waals surface area contributed by atoms with Crippen LogP contribution in [0, 0.1) is 0 Å². The third-order valence-electron chi connectivity index (χ3n) is 1.75. The molecular weight excluding hydrogens is 188 g/mol. The van der Waals surface area contributed by atoms with Crippen LogP contribution >= 0.6 is 0 Å². The van der Waals surface area contributed by atoms with Crippen LogP contribution in [0.4, 0.5) is 5.95 Å². The molecule has 14 heavy (non-hydrogen) atoms. The maximum Gasteiger partial charge on any atom is 0.328 e. The van der Waals surface area contributed by atoms with Crippen LogP contribution in [0.25, 0.3) is 0 Å². The molecule has 2 rings (SSSR count). The Morgan fingerprint density at radius 2 is 2.57 bits per heavy atom. The van der Waals surface area contributed by atoms with Gasteiger partial charge < -0.3 is 15.2 Å². The van der Waals surface area contributed by atoms with Gasteiger partial charge in [0.25, 0.3) is 0 Å². The van der Waals surface area contributed by atoms with Gasteiger partial charge in [0.2, 0.25) is 5.95 Å². The second-order valence-corrected chi connectivity index (χ2v) is 2.95. The highest BCUT2D eigenvalue weighted by atomic mass is 16.6. The van der Waals surface area contributed by atoms with Crippen molar-refractivity contribution in [2.45, 2.75) is 12.6 Å². The van der Waals surface area contributed by atoms with Crippen molar-refractivity contribution in [3.63, 3.8) is 0 Å². The van der Waals surface area contributed by atoms with Crippen molar-refractivity contribution < 1.29 is 14.3 Å². The van der Waals surface area contributed by atoms with E-state index in [1.807, 2.05) is 0 Å². The average molecular weight is 198 g/mol. The standard InChI is InChI=1S/C7H10N4O3/c8-7-9-4-11(10-7)1-6(12)14-5-2-13-3-5/h4-5H,1-3H2,(H2,8,10). The van der Waals surface area contributed by atoms with E-state index in [2.05, 4.69) is 10.1 Å². The summed E-state index contributed by atoms with van der Waals surface area (Å²) in [5.41, 5.74) is 5.28. The number of nitrogen functional groups attached to an aromatic ring is 1. The zero-order valence-electron chi connectivity index (χ0n) is 7.42. The van der Waals surface area contributed by atoms with Crippen molar-refractivity contribution in [1.29, 1.82) is 0 Å². The van der Waals surface area contributed by atoms with Gasteiger partial charge in [-0.2, -0.15) is 0 Å². The SMILES string of the molecule is Nc1ncn(CC(=O)OC2COC2)n1. The molecule has 0 atom stereocenters. The lowest BCUT2D eigenvalue weighted by molar-refractivity contribution is -0.173. The average Bonchev–Trinajstić information content (AvgIpc) is 2.44. The van der Waals surface area contributed by atoms with Crippen molar-refractivity contribution in [1.82, 2.24) is 14.8 Å². The van der Waals surface area contributed by atoms with Crippen LogP contribution in [0.5, 0.6) is 0 Å². The second-order valence-electron chi connectivity index (χ2n) is 2.95. The Morgan fingerprint density at radius 3 is 3.07 bits per heavy atom. The number of ether oxygens (including phenoxy) is 2. The summed E-state index contributed by atoms with van der Waals surface area (Å²) in [6, 6.07) is 0. The topological polar surface area (TPSA) is 92.3 Å². The molecule has 2 heterocycles. The molecule has 1 aromatic heterocycles. The molecular formula is C7H10N4O3. The molecule has 0 spiro atoms. The van der Waals surface area contributed by atoms with E-state index in [9.17, 15) is 4.79 Å². The number of nitrogens with two attached hydrogens (primary N) is 1. The van der Waals surface area contributed by atoms with Gasteiger partial charge in [-0.1, -0.05) is 0 Å². The molecule has 76 valence electrons. The minimum absolute atomic E-state index is 0.0285. The monoisotopic (exact) mass is 198 g/mol. The number of hydrogen-bond donors (Lipinski definition) is 1. The van der Waals surface area contributed by atoms with Gasteiger partial charge in [-0.15, -0.1) is 5.10 Å². The predicted octanol–water partition coefficient (Wildman–Crippen LogP) is -1.20. The number of anilines is 1. The minimum atomic E-state index is -0.358. The van der Waals surface area contributed by atoms with E-state index in [0.29, 0.717) is 13.2 Å². The first-order valence-corrected chi connectivity index (χ1v) is 4.16. The fraction of sp³-hybridized carbons (Fsp3) is 0.571. The quantitative estimate of drug-likeness (QED) is 0.613. The van der Waals surface area contributed by atoms with E-state index in [1.165, 1.54) is 11.0 Å². The Kier molecular flexibility index (Phi) is 2.32. The van der Waals surface area contributed by atoms with E-state index < -0.39 is 0 Å². The Morgan fingerprint density at radius 1 is 1.79 bits per heavy atom. The molecule has 0 unspecified atom stereocenters. The molecule has 1 aliphatic rings. The van der Waals surface area contributed by atoms with Crippen molar-refractivity contribution >= 4 is 11.9 Å². The van der Waals surface area contributed by atoms with Crippen LogP contribution < -0.4 is 5.73 Å². The summed E-state index contributed by atoms with van der Waals surface area (Å²) in [7, 11) is 0. The van der Waals surface area contributed by atoms with Gasteiger partial charge >= 0.3 is 5.97 Å². The van der Waals surface area contributed by atoms with Crippen LogP contribution in [0.15, 0.2) is 6.33 Å². The molecule has 1 aromatic rings. The molecule has 1 aliphatic heterocycles. The van der Waals surface area contributed by atoms with E-state index in [1.54, 1.807) is 0 Å². The zero-order chi connectivity index (χ0) is 9.97. The highest BCUT2D eigenvalue weighted by Gasteiger charge is 2.22. The summed E-state index contributed by atoms with van der Waals surface area (Å²) in [4.78, 5) is 14.9. The Bertz CT molecular complexity index is 333. The molecule has 0 amide bonds. The highest BCUT2D eigenvalue weighted by Crippen LogP contribution is 2.05. The number of rotatable bonds is 3.